The Morgan fingerprint density at radius 3 is 1.09 bits per heavy atom. The summed E-state index contributed by atoms with van der Waals surface area (Å²) in [5.41, 5.74) is 9.74. The van der Waals surface area contributed by atoms with Crippen LogP contribution in [0, 0.1) is 0 Å². The van der Waals surface area contributed by atoms with Gasteiger partial charge in [0.1, 0.15) is 0 Å². The van der Waals surface area contributed by atoms with Crippen molar-refractivity contribution in [1.29, 1.82) is 0 Å². The van der Waals surface area contributed by atoms with E-state index in [2.05, 4.69) is 94.4 Å². The monoisotopic (exact) mass is 793 g/mol. The van der Waals surface area contributed by atoms with Gasteiger partial charge in [0.05, 0.1) is 0 Å². The second-order valence-corrected chi connectivity index (χ2v) is 15.0. The molecule has 0 saturated carbocycles. The third kappa shape index (κ3) is 8.06. The zero-order valence-electron chi connectivity index (χ0n) is 27.7. The molecule has 0 saturated heterocycles. The molecule has 0 aliphatic heterocycles. The van der Waals surface area contributed by atoms with Gasteiger partial charge in [-0.2, -0.15) is 0 Å². The van der Waals surface area contributed by atoms with E-state index in [0.29, 0.717) is 52.5 Å². The van der Waals surface area contributed by atoms with Crippen molar-refractivity contribution < 1.29 is 45.1 Å². The molecule has 0 aromatic heterocycles. The van der Waals surface area contributed by atoms with Crippen molar-refractivity contribution in [3.63, 3.8) is 0 Å². The van der Waals surface area contributed by atoms with Crippen molar-refractivity contribution >= 4 is 3.07 Å². The van der Waals surface area contributed by atoms with Crippen LogP contribution < -0.4 is 22.0 Å². The fourth-order valence-electron chi connectivity index (χ4n) is 6.16. The normalized spacial score (nSPS) is 12.5. The Morgan fingerprint density at radius 1 is 0.422 bits per heavy atom. The predicted molar refractivity (Wildman–Crippen MR) is 180 cm³/mol. The molecule has 0 spiro atoms. The van der Waals surface area contributed by atoms with Crippen molar-refractivity contribution in [2.75, 3.05) is 26.4 Å². The van der Waals surface area contributed by atoms with Crippen molar-refractivity contribution in [3.8, 4) is 23.0 Å². The summed E-state index contributed by atoms with van der Waals surface area (Å²) in [7, 11) is 0. The molecule has 0 radical (unpaired) electrons. The van der Waals surface area contributed by atoms with Crippen molar-refractivity contribution in [2.45, 2.75) is 79.1 Å². The van der Waals surface area contributed by atoms with E-state index in [0.717, 1.165) is 74.4 Å². The van der Waals surface area contributed by atoms with Gasteiger partial charge in [0.25, 0.3) is 0 Å². The number of para-hydroxylation sites is 3. The van der Waals surface area contributed by atoms with Crippen LogP contribution in [0.4, 0.5) is 0 Å². The molecule has 0 N–H and O–H groups in total. The molecule has 4 aromatic rings. The van der Waals surface area contributed by atoms with E-state index >= 15 is 0 Å². The minimum absolute atomic E-state index is 0.432. The van der Waals surface area contributed by atoms with Gasteiger partial charge < -0.3 is 0 Å². The van der Waals surface area contributed by atoms with Gasteiger partial charge in [0.2, 0.25) is 0 Å². The molecule has 0 heterocycles. The van der Waals surface area contributed by atoms with Crippen LogP contribution in [0.25, 0.3) is 0 Å². The fraction of sp³-hybridized carbons (Fsp3) is 0.400. The Balaban J connectivity index is 1.76. The molecule has 0 unspecified atom stereocenters. The van der Waals surface area contributed by atoms with Gasteiger partial charge in [0, 0.05) is 0 Å². The molecule has 0 atom stereocenters. The Labute approximate surface area is 286 Å². The first kappa shape index (κ1) is 33.4. The standard InChI is InChI=1S/C40H47O4.Hg/c1-5-21-41-37-29-13-9-14-30(37)26-32-16-11-18-34(39(32)43-23-7-3)28-36-20-12-19-35(40(36)44-24-8-4)27-33-17-10-15-31(25-29)38(33)42-22-6-2;/h9-19H,5-8,21-28H2,1-4H3;/q;+1. The van der Waals surface area contributed by atoms with Crippen LogP contribution in [-0.2, 0) is 51.8 Å². The van der Waals surface area contributed by atoms with E-state index in [1.165, 1.54) is 47.6 Å². The maximum absolute atomic E-state index is 6.65. The third-order valence-corrected chi connectivity index (χ3v) is 10.9. The molecule has 1 aliphatic rings. The van der Waals surface area contributed by atoms with Crippen LogP contribution in [0.1, 0.15) is 97.9 Å². The summed E-state index contributed by atoms with van der Waals surface area (Å²) in [6, 6.07) is 24.5. The summed E-state index contributed by atoms with van der Waals surface area (Å²) in [6.45, 7) is 11.4. The zero-order valence-corrected chi connectivity index (χ0v) is 33.2. The number of benzene rings is 4. The van der Waals surface area contributed by atoms with Gasteiger partial charge in [-0.25, -0.2) is 0 Å². The van der Waals surface area contributed by atoms with Gasteiger partial charge in [0.15, 0.2) is 0 Å². The third-order valence-electron chi connectivity index (χ3n) is 8.29. The first-order valence-electron chi connectivity index (χ1n) is 16.9. The summed E-state index contributed by atoms with van der Waals surface area (Å²) >= 11 is 0.432. The predicted octanol–water partition coefficient (Wildman–Crippen LogP) is 8.69. The maximum atomic E-state index is 6.65. The average Bonchev–Trinajstić information content (AvgIpc) is 3.04. The second kappa shape index (κ2) is 16.5. The minimum atomic E-state index is 0.432. The van der Waals surface area contributed by atoms with E-state index in [1.54, 1.807) is 0 Å². The molecule has 0 amide bonds. The van der Waals surface area contributed by atoms with Gasteiger partial charge in [-0.1, -0.05) is 6.92 Å². The molecular weight excluding hydrogens is 745 g/mol. The molecule has 5 heteroatoms. The molecule has 232 valence electrons. The molecule has 4 aromatic carbocycles. The molecule has 0 fully saturated rings. The van der Waals surface area contributed by atoms with Crippen molar-refractivity contribution in [2.24, 2.45) is 0 Å². The number of rotatable bonds is 12. The van der Waals surface area contributed by atoms with E-state index in [-0.39, 0.29) is 0 Å². The summed E-state index contributed by atoms with van der Waals surface area (Å²) in [5.74, 6) is 4.06. The SMILES string of the molecule is CCCOc1c2cccc1Cc1cccc(c1OCCC)Cc1[c]([Hg+])ccc(c1OCCC)Cc1cccc(c1OCCC)C2. The Hall–Kier alpha value is -2.98. The molecular formula is C40H47HgO4+. The van der Waals surface area contributed by atoms with E-state index in [1.807, 2.05) is 0 Å². The molecule has 45 heavy (non-hydrogen) atoms. The van der Waals surface area contributed by atoms with Gasteiger partial charge >= 0.3 is 281 Å². The van der Waals surface area contributed by atoms with Gasteiger partial charge in [-0.15, -0.1) is 0 Å². The van der Waals surface area contributed by atoms with Gasteiger partial charge in [-0.3, -0.25) is 0 Å². The topological polar surface area (TPSA) is 36.9 Å². The molecule has 4 nitrogen and oxygen atoms in total. The van der Waals surface area contributed by atoms with Crippen LogP contribution in [0.2, 0.25) is 0 Å². The first-order chi connectivity index (χ1) is 22.1. The zero-order chi connectivity index (χ0) is 31.6. The fourth-order valence-corrected chi connectivity index (χ4v) is 7.73. The van der Waals surface area contributed by atoms with Crippen LogP contribution in [0.15, 0.2) is 66.7 Å². The van der Waals surface area contributed by atoms with Crippen LogP contribution in [0.5, 0.6) is 23.0 Å². The average molecular weight is 792 g/mol. The Bertz CT molecular complexity index is 1580. The quantitative estimate of drug-likeness (QED) is 0.119. The van der Waals surface area contributed by atoms with Gasteiger partial charge in [-0.05, 0) is 0 Å². The number of fused-ring (bicyclic) bond motifs is 8. The summed E-state index contributed by atoms with van der Waals surface area (Å²) in [5, 5.41) is 0. The second-order valence-electron chi connectivity index (χ2n) is 12.0. The summed E-state index contributed by atoms with van der Waals surface area (Å²) < 4.78 is 27.8. The molecule has 5 rings (SSSR count). The van der Waals surface area contributed by atoms with E-state index in [9.17, 15) is 0 Å². The Kier molecular flexibility index (Phi) is 12.3. The Morgan fingerprint density at radius 2 is 0.733 bits per heavy atom. The summed E-state index contributed by atoms with van der Waals surface area (Å²) in [6.07, 6.45) is 6.88. The number of hydrogen-bond acceptors (Lipinski definition) is 4. The van der Waals surface area contributed by atoms with Crippen molar-refractivity contribution in [1.82, 2.24) is 0 Å². The number of ether oxygens (including phenoxy) is 4. The van der Waals surface area contributed by atoms with Crippen LogP contribution >= 0.6 is 0 Å². The summed E-state index contributed by atoms with van der Waals surface area (Å²) in [4.78, 5) is 0. The van der Waals surface area contributed by atoms with Crippen LogP contribution in [-0.4, -0.2) is 26.4 Å². The molecule has 1 aliphatic carbocycles. The van der Waals surface area contributed by atoms with E-state index in [4.69, 9.17) is 18.9 Å². The van der Waals surface area contributed by atoms with Crippen molar-refractivity contribution in [3.05, 3.63) is 111 Å². The molecule has 8 bridgehead atoms. The van der Waals surface area contributed by atoms with Crippen LogP contribution in [0.3, 0.4) is 0 Å². The number of hydrogen-bond donors (Lipinski definition) is 0. The first-order valence-corrected chi connectivity index (χ1v) is 19.6. The van der Waals surface area contributed by atoms with E-state index < -0.39 is 0 Å².